The van der Waals surface area contributed by atoms with Crippen LogP contribution in [0.25, 0.3) is 16.7 Å². The Morgan fingerprint density at radius 3 is 2.77 bits per heavy atom. The van der Waals surface area contributed by atoms with E-state index < -0.39 is 0 Å². The van der Waals surface area contributed by atoms with E-state index in [1.54, 1.807) is 0 Å². The number of carbonyl (C=O) groups is 1. The molecule has 1 fully saturated rings. The number of fused-ring (bicyclic) bond motifs is 1. The van der Waals surface area contributed by atoms with Crippen molar-refractivity contribution in [3.05, 3.63) is 52.1 Å². The lowest BCUT2D eigenvalue weighted by molar-refractivity contribution is -0.118. The van der Waals surface area contributed by atoms with Crippen molar-refractivity contribution in [3.8, 4) is 22.6 Å². The molecule has 2 aliphatic rings. The minimum Gasteiger partial charge on any atom is -0.454 e. The van der Waals surface area contributed by atoms with Crippen LogP contribution in [-0.4, -0.2) is 19.2 Å². The van der Waals surface area contributed by atoms with Crippen molar-refractivity contribution in [1.29, 1.82) is 0 Å². The van der Waals surface area contributed by atoms with Crippen LogP contribution in [0.3, 0.4) is 0 Å². The van der Waals surface area contributed by atoms with Gasteiger partial charge >= 0.3 is 0 Å². The molecule has 1 amide bonds. The highest BCUT2D eigenvalue weighted by Crippen LogP contribution is 2.39. The first-order chi connectivity index (χ1) is 12.5. The van der Waals surface area contributed by atoms with Crippen LogP contribution in [0.15, 0.2) is 35.9 Å². The highest BCUT2D eigenvalue weighted by molar-refractivity contribution is 6.31. The molecule has 0 atom stereocenters. The first kappa shape index (κ1) is 17.0. The maximum absolute atomic E-state index is 12.3. The van der Waals surface area contributed by atoms with E-state index in [1.165, 1.54) is 0 Å². The fourth-order valence-corrected chi connectivity index (χ4v) is 3.86. The maximum atomic E-state index is 12.3. The van der Waals surface area contributed by atoms with Crippen molar-refractivity contribution >= 4 is 23.1 Å². The third-order valence-electron chi connectivity index (χ3n) is 5.08. The largest absolute Gasteiger partial charge is 0.454 e. The van der Waals surface area contributed by atoms with Crippen LogP contribution in [0, 0.1) is 6.92 Å². The van der Waals surface area contributed by atoms with Crippen LogP contribution in [0.1, 0.15) is 30.9 Å². The summed E-state index contributed by atoms with van der Waals surface area (Å²) in [6.07, 6.45) is 1.76. The molecule has 134 valence electrons. The monoisotopic (exact) mass is 369 g/mol. The Bertz CT molecular complexity index is 933. The number of halogens is 1. The van der Waals surface area contributed by atoms with Gasteiger partial charge in [0.2, 0.25) is 12.7 Å². The lowest BCUT2D eigenvalue weighted by Crippen LogP contribution is -2.31. The van der Waals surface area contributed by atoms with E-state index in [0.29, 0.717) is 5.02 Å². The molecule has 2 aliphatic heterocycles. The van der Waals surface area contributed by atoms with Gasteiger partial charge in [0, 0.05) is 17.1 Å². The number of allylic oxidation sites excluding steroid dienone is 1. The van der Waals surface area contributed by atoms with Crippen molar-refractivity contribution in [1.82, 2.24) is 5.32 Å². The number of carbonyl (C=O) groups excluding carboxylic acids is 1. The highest BCUT2D eigenvalue weighted by atomic mass is 35.5. The summed E-state index contributed by atoms with van der Waals surface area (Å²) < 4.78 is 10.9. The molecule has 1 N–H and O–H groups in total. The topological polar surface area (TPSA) is 47.6 Å². The molecule has 2 aromatic carbocycles. The normalized spacial score (nSPS) is 17.9. The Labute approximate surface area is 157 Å². The Hall–Kier alpha value is -2.46. The molecular weight excluding hydrogens is 350 g/mol. The number of hydrogen-bond acceptors (Lipinski definition) is 3. The molecule has 0 unspecified atom stereocenters. The second kappa shape index (κ2) is 6.69. The van der Waals surface area contributed by atoms with Gasteiger partial charge in [-0.25, -0.2) is 0 Å². The first-order valence-corrected chi connectivity index (χ1v) is 9.11. The lowest BCUT2D eigenvalue weighted by atomic mass is 9.89. The molecule has 0 radical (unpaired) electrons. The Morgan fingerprint density at radius 2 is 1.96 bits per heavy atom. The summed E-state index contributed by atoms with van der Waals surface area (Å²) in [4.78, 5) is 12.3. The highest BCUT2D eigenvalue weighted by Gasteiger charge is 2.21. The molecule has 0 bridgehead atoms. The van der Waals surface area contributed by atoms with Gasteiger partial charge in [-0.2, -0.15) is 0 Å². The molecule has 0 aromatic heterocycles. The number of hydrogen-bond donors (Lipinski definition) is 1. The third-order valence-corrected chi connectivity index (χ3v) is 5.29. The van der Waals surface area contributed by atoms with Gasteiger partial charge in [-0.3, -0.25) is 4.79 Å². The van der Waals surface area contributed by atoms with Gasteiger partial charge in [0.1, 0.15) is 0 Å². The van der Waals surface area contributed by atoms with Crippen molar-refractivity contribution in [2.24, 2.45) is 0 Å². The minimum atomic E-state index is 0.0257. The zero-order valence-corrected chi connectivity index (χ0v) is 15.6. The van der Waals surface area contributed by atoms with Gasteiger partial charge in [-0.05, 0) is 78.8 Å². The smallest absolute Gasteiger partial charge is 0.247 e. The zero-order valence-electron chi connectivity index (χ0n) is 14.8. The predicted molar refractivity (Wildman–Crippen MR) is 103 cm³/mol. The van der Waals surface area contributed by atoms with Crippen LogP contribution < -0.4 is 14.8 Å². The van der Waals surface area contributed by atoms with Crippen LogP contribution in [0.2, 0.25) is 5.02 Å². The van der Waals surface area contributed by atoms with Crippen molar-refractivity contribution in [3.63, 3.8) is 0 Å². The SMILES string of the molecule is C/C(=C1/CCCNC1=O)c1cc(Cl)cc(-c2ccc3c(c2)OCO3)c1C. The zero-order chi connectivity index (χ0) is 18.3. The van der Waals surface area contributed by atoms with Crippen molar-refractivity contribution in [2.75, 3.05) is 13.3 Å². The second-order valence-corrected chi connectivity index (χ2v) is 7.09. The quantitative estimate of drug-likeness (QED) is 0.778. The van der Waals surface area contributed by atoms with E-state index in [9.17, 15) is 4.79 Å². The van der Waals surface area contributed by atoms with Gasteiger partial charge in [-0.1, -0.05) is 17.7 Å². The fraction of sp³-hybridized carbons (Fsp3) is 0.286. The molecular formula is C21H20ClNO3. The predicted octanol–water partition coefficient (Wildman–Crippen LogP) is 4.73. The lowest BCUT2D eigenvalue weighted by Gasteiger charge is -2.20. The summed E-state index contributed by atoms with van der Waals surface area (Å²) >= 11 is 6.43. The molecule has 4 rings (SSSR count). The number of rotatable bonds is 2. The van der Waals surface area contributed by atoms with E-state index in [0.717, 1.165) is 64.3 Å². The van der Waals surface area contributed by atoms with E-state index in [1.807, 2.05) is 37.3 Å². The molecule has 1 saturated heterocycles. The molecule has 4 nitrogen and oxygen atoms in total. The van der Waals surface area contributed by atoms with Crippen LogP contribution in [-0.2, 0) is 4.79 Å². The summed E-state index contributed by atoms with van der Waals surface area (Å²) in [5, 5.41) is 3.58. The molecule has 2 aromatic rings. The summed E-state index contributed by atoms with van der Waals surface area (Å²) in [5.41, 5.74) is 5.99. The number of nitrogens with one attached hydrogen (secondary N) is 1. The standard InChI is InChI=1S/C21H20ClNO3/c1-12(16-4-3-7-23-21(16)24)17-9-15(22)10-18(13(17)2)14-5-6-19-20(8-14)26-11-25-19/h5-6,8-10H,3-4,7,11H2,1-2H3,(H,23,24)/b16-12+. The molecule has 2 heterocycles. The van der Waals surface area contributed by atoms with Crippen LogP contribution in [0.4, 0.5) is 0 Å². The van der Waals surface area contributed by atoms with E-state index in [2.05, 4.69) is 12.2 Å². The molecule has 0 saturated carbocycles. The summed E-state index contributed by atoms with van der Waals surface area (Å²) in [7, 11) is 0. The first-order valence-electron chi connectivity index (χ1n) is 8.73. The third kappa shape index (κ3) is 2.95. The number of ether oxygens (including phenoxy) is 2. The van der Waals surface area contributed by atoms with Crippen LogP contribution >= 0.6 is 11.6 Å². The van der Waals surface area contributed by atoms with E-state index in [4.69, 9.17) is 21.1 Å². The number of piperidine rings is 1. The second-order valence-electron chi connectivity index (χ2n) is 6.66. The average molecular weight is 370 g/mol. The molecule has 0 aliphatic carbocycles. The van der Waals surface area contributed by atoms with Gasteiger partial charge < -0.3 is 14.8 Å². The summed E-state index contributed by atoms with van der Waals surface area (Å²) in [6, 6.07) is 9.79. The molecule has 0 spiro atoms. The summed E-state index contributed by atoms with van der Waals surface area (Å²) in [5.74, 6) is 1.52. The van der Waals surface area contributed by atoms with Crippen molar-refractivity contribution < 1.29 is 14.3 Å². The molecule has 26 heavy (non-hydrogen) atoms. The fourth-order valence-electron chi connectivity index (χ4n) is 3.64. The van der Waals surface area contributed by atoms with Gasteiger partial charge in [0.25, 0.3) is 0 Å². The summed E-state index contributed by atoms with van der Waals surface area (Å²) in [6.45, 7) is 5.06. The molecule has 5 heteroatoms. The Balaban J connectivity index is 1.83. The van der Waals surface area contributed by atoms with E-state index >= 15 is 0 Å². The average Bonchev–Trinajstić information content (AvgIpc) is 3.11. The van der Waals surface area contributed by atoms with Gasteiger partial charge in [0.15, 0.2) is 11.5 Å². The van der Waals surface area contributed by atoms with Crippen LogP contribution in [0.5, 0.6) is 11.5 Å². The number of benzene rings is 2. The number of amides is 1. The maximum Gasteiger partial charge on any atom is 0.247 e. The van der Waals surface area contributed by atoms with Gasteiger partial charge in [0.05, 0.1) is 0 Å². The minimum absolute atomic E-state index is 0.0257. The van der Waals surface area contributed by atoms with Crippen molar-refractivity contribution in [2.45, 2.75) is 26.7 Å². The van der Waals surface area contributed by atoms with E-state index in [-0.39, 0.29) is 12.7 Å². The Morgan fingerprint density at radius 1 is 1.15 bits per heavy atom. The van der Waals surface area contributed by atoms with Gasteiger partial charge in [-0.15, -0.1) is 0 Å². The Kier molecular flexibility index (Phi) is 4.37.